The highest BCUT2D eigenvalue weighted by Crippen LogP contribution is 2.59. The number of rotatable bonds is 1. The molecule has 0 amide bonds. The SMILES string of the molecule is Oc1c(O)c2c(c(C3CC3)c1O)C(O)(O)CO2. The van der Waals surface area contributed by atoms with Gasteiger partial charge >= 0.3 is 0 Å². The Morgan fingerprint density at radius 2 is 1.65 bits per heavy atom. The molecular weight excluding hydrogens is 228 g/mol. The lowest BCUT2D eigenvalue weighted by Crippen LogP contribution is -2.27. The monoisotopic (exact) mass is 240 g/mol. The number of aromatic hydroxyl groups is 3. The first-order valence-electron chi connectivity index (χ1n) is 5.32. The number of aliphatic hydroxyl groups is 2. The van der Waals surface area contributed by atoms with Crippen LogP contribution in [0.25, 0.3) is 0 Å². The Morgan fingerprint density at radius 1 is 1.00 bits per heavy atom. The summed E-state index contributed by atoms with van der Waals surface area (Å²) in [5.74, 6) is -4.27. The molecule has 6 heteroatoms. The van der Waals surface area contributed by atoms with Crippen LogP contribution in [0.4, 0.5) is 0 Å². The minimum absolute atomic E-state index is 0.0318. The van der Waals surface area contributed by atoms with Crippen molar-refractivity contribution < 1.29 is 30.3 Å². The van der Waals surface area contributed by atoms with Crippen molar-refractivity contribution in [2.24, 2.45) is 0 Å². The third kappa shape index (κ3) is 1.28. The average molecular weight is 240 g/mol. The van der Waals surface area contributed by atoms with Crippen LogP contribution in [0.2, 0.25) is 0 Å². The maximum Gasteiger partial charge on any atom is 0.229 e. The molecule has 1 fully saturated rings. The fourth-order valence-electron chi connectivity index (χ4n) is 2.26. The van der Waals surface area contributed by atoms with Gasteiger partial charge in [-0.15, -0.1) is 0 Å². The fraction of sp³-hybridized carbons (Fsp3) is 0.455. The molecule has 1 aromatic carbocycles. The van der Waals surface area contributed by atoms with Gasteiger partial charge in [-0.2, -0.15) is 0 Å². The molecule has 0 atom stereocenters. The van der Waals surface area contributed by atoms with Crippen LogP contribution in [0, 0.1) is 0 Å². The molecule has 2 aliphatic rings. The number of ether oxygens (including phenoxy) is 1. The lowest BCUT2D eigenvalue weighted by atomic mass is 9.95. The van der Waals surface area contributed by atoms with E-state index in [1.165, 1.54) is 0 Å². The first kappa shape index (κ1) is 10.5. The van der Waals surface area contributed by atoms with Gasteiger partial charge < -0.3 is 30.3 Å². The van der Waals surface area contributed by atoms with Crippen molar-refractivity contribution in [3.8, 4) is 23.0 Å². The molecule has 1 saturated carbocycles. The normalized spacial score (nSPS) is 21.1. The van der Waals surface area contributed by atoms with Crippen molar-refractivity contribution in [3.63, 3.8) is 0 Å². The third-order valence-corrected chi connectivity index (χ3v) is 3.22. The molecule has 3 rings (SSSR count). The van der Waals surface area contributed by atoms with Gasteiger partial charge in [-0.25, -0.2) is 0 Å². The number of phenolic OH excluding ortho intramolecular Hbond substituents is 3. The number of hydrogen-bond acceptors (Lipinski definition) is 6. The predicted molar refractivity (Wildman–Crippen MR) is 55.0 cm³/mol. The molecule has 1 aromatic rings. The minimum atomic E-state index is -2.24. The van der Waals surface area contributed by atoms with Gasteiger partial charge in [-0.3, -0.25) is 0 Å². The maximum atomic E-state index is 9.80. The zero-order valence-corrected chi connectivity index (χ0v) is 8.84. The first-order valence-corrected chi connectivity index (χ1v) is 5.32. The summed E-state index contributed by atoms with van der Waals surface area (Å²) in [6.07, 6.45) is 1.58. The number of hydrogen-bond donors (Lipinski definition) is 5. The molecular formula is C11H12O6. The molecule has 0 spiro atoms. The van der Waals surface area contributed by atoms with E-state index in [9.17, 15) is 25.5 Å². The Labute approximate surface area is 96.3 Å². The molecule has 1 aliphatic carbocycles. The fourth-order valence-corrected chi connectivity index (χ4v) is 2.26. The van der Waals surface area contributed by atoms with Crippen molar-refractivity contribution in [2.75, 3.05) is 6.61 Å². The summed E-state index contributed by atoms with van der Waals surface area (Å²) in [5, 5.41) is 48.5. The molecule has 0 bridgehead atoms. The molecule has 0 saturated heterocycles. The molecule has 1 aliphatic heterocycles. The van der Waals surface area contributed by atoms with Gasteiger partial charge in [0.05, 0.1) is 5.56 Å². The van der Waals surface area contributed by atoms with Crippen LogP contribution >= 0.6 is 0 Å². The third-order valence-electron chi connectivity index (χ3n) is 3.22. The highest BCUT2D eigenvalue weighted by Gasteiger charge is 2.47. The second-order valence-electron chi connectivity index (χ2n) is 4.54. The summed E-state index contributed by atoms with van der Waals surface area (Å²) >= 11 is 0. The average Bonchev–Trinajstić information content (AvgIpc) is 3.03. The summed E-state index contributed by atoms with van der Waals surface area (Å²) in [6.45, 7) is -0.432. The quantitative estimate of drug-likeness (QED) is 0.354. The van der Waals surface area contributed by atoms with Crippen LogP contribution in [0.15, 0.2) is 0 Å². The van der Waals surface area contributed by atoms with E-state index in [1.807, 2.05) is 0 Å². The lowest BCUT2D eigenvalue weighted by Gasteiger charge is -2.18. The van der Waals surface area contributed by atoms with Gasteiger partial charge in [0, 0.05) is 5.56 Å². The molecule has 92 valence electrons. The smallest absolute Gasteiger partial charge is 0.229 e. The van der Waals surface area contributed by atoms with Gasteiger partial charge in [-0.05, 0) is 18.8 Å². The summed E-state index contributed by atoms with van der Waals surface area (Å²) in [6, 6.07) is 0. The van der Waals surface area contributed by atoms with E-state index in [1.54, 1.807) is 0 Å². The van der Waals surface area contributed by atoms with Gasteiger partial charge in [-0.1, -0.05) is 0 Å². The van der Waals surface area contributed by atoms with Gasteiger partial charge in [0.15, 0.2) is 11.5 Å². The summed E-state index contributed by atoms with van der Waals surface area (Å²) in [7, 11) is 0. The van der Waals surface area contributed by atoms with Crippen molar-refractivity contribution in [1.82, 2.24) is 0 Å². The van der Waals surface area contributed by atoms with Crippen LogP contribution in [0.3, 0.4) is 0 Å². The first-order chi connectivity index (χ1) is 7.93. The summed E-state index contributed by atoms with van der Waals surface area (Å²) < 4.78 is 4.98. The number of fused-ring (bicyclic) bond motifs is 1. The topological polar surface area (TPSA) is 110 Å². The van der Waals surface area contributed by atoms with Gasteiger partial charge in [0.25, 0.3) is 0 Å². The van der Waals surface area contributed by atoms with Crippen LogP contribution < -0.4 is 4.74 Å². The standard InChI is InChI=1S/C11H12O6/c12-7-5(4-1-2-4)6-10(9(14)8(7)13)17-3-11(6,15)16/h4,12-16H,1-3H2. The molecule has 5 N–H and O–H groups in total. The van der Waals surface area contributed by atoms with Crippen LogP contribution in [0.5, 0.6) is 23.0 Å². The van der Waals surface area contributed by atoms with E-state index in [-0.39, 0.29) is 22.8 Å². The Balaban J connectivity index is 2.34. The van der Waals surface area contributed by atoms with Crippen molar-refractivity contribution in [3.05, 3.63) is 11.1 Å². The predicted octanol–water partition coefficient (Wildman–Crippen LogP) is 0.211. The molecule has 0 unspecified atom stereocenters. The Hall–Kier alpha value is -1.66. The van der Waals surface area contributed by atoms with Crippen LogP contribution in [-0.4, -0.2) is 32.1 Å². The molecule has 0 aromatic heterocycles. The molecule has 17 heavy (non-hydrogen) atoms. The maximum absolute atomic E-state index is 9.80. The van der Waals surface area contributed by atoms with Crippen molar-refractivity contribution >= 4 is 0 Å². The highest BCUT2D eigenvalue weighted by atomic mass is 16.6. The summed E-state index contributed by atoms with van der Waals surface area (Å²) in [4.78, 5) is 0. The Morgan fingerprint density at radius 3 is 2.24 bits per heavy atom. The van der Waals surface area contributed by atoms with E-state index >= 15 is 0 Å². The van der Waals surface area contributed by atoms with E-state index < -0.39 is 29.6 Å². The summed E-state index contributed by atoms with van der Waals surface area (Å²) in [5.41, 5.74) is 0.227. The Bertz CT molecular complexity index is 503. The number of benzene rings is 1. The zero-order chi connectivity index (χ0) is 12.4. The van der Waals surface area contributed by atoms with E-state index in [2.05, 4.69) is 0 Å². The largest absolute Gasteiger partial charge is 0.504 e. The Kier molecular flexibility index (Phi) is 1.83. The van der Waals surface area contributed by atoms with Crippen LogP contribution in [0.1, 0.15) is 29.9 Å². The highest BCUT2D eigenvalue weighted by molar-refractivity contribution is 5.69. The second-order valence-corrected chi connectivity index (χ2v) is 4.54. The van der Waals surface area contributed by atoms with Gasteiger partial charge in [0.2, 0.25) is 17.3 Å². The van der Waals surface area contributed by atoms with E-state index in [0.717, 1.165) is 12.8 Å². The van der Waals surface area contributed by atoms with Gasteiger partial charge in [0.1, 0.15) is 6.61 Å². The van der Waals surface area contributed by atoms with E-state index in [4.69, 9.17) is 4.74 Å². The number of phenols is 3. The molecule has 6 nitrogen and oxygen atoms in total. The van der Waals surface area contributed by atoms with E-state index in [0.29, 0.717) is 0 Å². The zero-order valence-electron chi connectivity index (χ0n) is 8.84. The molecule has 1 heterocycles. The second kappa shape index (κ2) is 2.96. The molecule has 0 radical (unpaired) electrons. The minimum Gasteiger partial charge on any atom is -0.504 e. The van der Waals surface area contributed by atoms with Crippen molar-refractivity contribution in [1.29, 1.82) is 0 Å². The van der Waals surface area contributed by atoms with Crippen molar-refractivity contribution in [2.45, 2.75) is 24.5 Å². The van der Waals surface area contributed by atoms with Crippen LogP contribution in [-0.2, 0) is 5.79 Å². The lowest BCUT2D eigenvalue weighted by molar-refractivity contribution is -0.174.